The largest absolute Gasteiger partial charge is 0.488 e. The Morgan fingerprint density at radius 3 is 2.22 bits per heavy atom. The molecule has 1 fully saturated rings. The van der Waals surface area contributed by atoms with Crippen LogP contribution >= 0.6 is 8.60 Å². The van der Waals surface area contributed by atoms with Gasteiger partial charge in [-0.25, -0.2) is 13.9 Å². The zero-order chi connectivity index (χ0) is 36.1. The van der Waals surface area contributed by atoms with Crippen molar-refractivity contribution in [1.82, 2.24) is 14.6 Å². The van der Waals surface area contributed by atoms with E-state index in [1.165, 1.54) is 108 Å². The topological polar surface area (TPSA) is 137 Å². The normalized spacial score (nSPS) is 17.1. The number of nitrogen functional groups attached to an aromatic ring is 1. The Hall–Kier alpha value is -2.87. The van der Waals surface area contributed by atoms with Gasteiger partial charge in [0, 0.05) is 6.07 Å². The van der Waals surface area contributed by atoms with Gasteiger partial charge < -0.3 is 29.1 Å². The minimum absolute atomic E-state index is 0.0328. The van der Waals surface area contributed by atoms with Crippen LogP contribution in [-0.4, -0.2) is 44.9 Å². The molecule has 2 aromatic heterocycles. The summed E-state index contributed by atoms with van der Waals surface area (Å²) in [5, 5.41) is 13.4. The maximum atomic E-state index is 14.3. The predicted octanol–water partition coefficient (Wildman–Crippen LogP) is 10.3. The average Bonchev–Trinajstić information content (AvgIpc) is 3.79. The fourth-order valence-electron chi connectivity index (χ4n) is 6.72. The van der Waals surface area contributed by atoms with E-state index in [0.29, 0.717) is 18.0 Å². The zero-order valence-corrected chi connectivity index (χ0v) is 31.4. The second-order valence-electron chi connectivity index (χ2n) is 13.8. The molecule has 4 atom stereocenters. The number of anilines is 1. The minimum atomic E-state index is -2.17. The third-order valence-electron chi connectivity index (χ3n) is 9.68. The van der Waals surface area contributed by atoms with Gasteiger partial charge in [0.05, 0.1) is 30.6 Å². The van der Waals surface area contributed by atoms with Crippen LogP contribution in [0.3, 0.4) is 0 Å². The van der Waals surface area contributed by atoms with Crippen molar-refractivity contribution in [3.8, 4) is 11.8 Å². The summed E-state index contributed by atoms with van der Waals surface area (Å²) >= 11 is 0. The van der Waals surface area contributed by atoms with E-state index in [4.69, 9.17) is 29.5 Å². The van der Waals surface area contributed by atoms with Crippen LogP contribution in [0, 0.1) is 17.1 Å². The Morgan fingerprint density at radius 1 is 0.941 bits per heavy atom. The number of unbranched alkanes of at least 4 members (excludes halogenated alkanes) is 16. The first kappa shape index (κ1) is 40.9. The second-order valence-corrected chi connectivity index (χ2v) is 14.8. The number of benzene rings is 1. The van der Waals surface area contributed by atoms with Crippen LogP contribution in [-0.2, 0) is 13.8 Å². The van der Waals surface area contributed by atoms with Crippen molar-refractivity contribution in [2.75, 3.05) is 18.9 Å². The summed E-state index contributed by atoms with van der Waals surface area (Å²) in [4.78, 5) is 14.6. The van der Waals surface area contributed by atoms with Gasteiger partial charge in [-0.2, -0.15) is 10.4 Å². The molecular formula is C39H59FN5O5P. The number of halogens is 1. The van der Waals surface area contributed by atoms with Gasteiger partial charge in [0.25, 0.3) is 0 Å². The molecule has 4 unspecified atom stereocenters. The summed E-state index contributed by atoms with van der Waals surface area (Å²) < 4.78 is 39.7. The van der Waals surface area contributed by atoms with Crippen LogP contribution in [0.15, 0.2) is 36.7 Å². The summed E-state index contributed by atoms with van der Waals surface area (Å²) in [5.41, 5.74) is 7.56. The van der Waals surface area contributed by atoms with E-state index in [-0.39, 0.29) is 31.0 Å². The molecular weight excluding hydrogens is 668 g/mol. The Labute approximate surface area is 305 Å². The molecule has 0 saturated carbocycles. The predicted molar refractivity (Wildman–Crippen MR) is 200 cm³/mol. The fraction of sp³-hybridized carbons (Fsp3) is 0.667. The van der Waals surface area contributed by atoms with Crippen molar-refractivity contribution in [2.45, 2.75) is 154 Å². The maximum Gasteiger partial charge on any atom is 0.330 e. The van der Waals surface area contributed by atoms with E-state index >= 15 is 0 Å². The number of nitrogens with zero attached hydrogens (tertiary/aromatic N) is 4. The molecule has 1 aliphatic rings. The van der Waals surface area contributed by atoms with E-state index in [1.54, 1.807) is 10.6 Å². The minimum Gasteiger partial charge on any atom is -0.488 e. The molecule has 4 rings (SSSR count). The Balaban J connectivity index is 1.10. The lowest BCUT2D eigenvalue weighted by molar-refractivity contribution is 0.00838. The number of nitriles is 1. The highest BCUT2D eigenvalue weighted by Gasteiger charge is 2.30. The Kier molecular flexibility index (Phi) is 19.0. The lowest BCUT2D eigenvalue weighted by Gasteiger charge is -2.21. The Morgan fingerprint density at radius 2 is 1.59 bits per heavy atom. The maximum absolute atomic E-state index is 14.3. The third kappa shape index (κ3) is 14.6. The molecule has 1 aliphatic heterocycles. The SMILES string of the molecule is CCCCCCCCCCCCCCCCCCCC(COP(O)OCC1CCC(c2ccc3c(N)ncnn23)O1)Oc1ccc(C#N)c(F)c1. The number of hydrogen-bond donors (Lipinski definition) is 2. The highest BCUT2D eigenvalue weighted by molar-refractivity contribution is 7.40. The number of hydrogen-bond acceptors (Lipinski definition) is 9. The van der Waals surface area contributed by atoms with Crippen molar-refractivity contribution < 1.29 is 27.8 Å². The Bertz CT molecular complexity index is 1460. The average molecular weight is 728 g/mol. The van der Waals surface area contributed by atoms with Crippen LogP contribution in [0.25, 0.3) is 5.52 Å². The molecule has 0 spiro atoms. The molecule has 0 aliphatic carbocycles. The molecule has 51 heavy (non-hydrogen) atoms. The molecule has 12 heteroatoms. The first-order valence-corrected chi connectivity index (χ1v) is 20.5. The molecule has 3 aromatic rings. The first-order valence-electron chi connectivity index (χ1n) is 19.3. The van der Waals surface area contributed by atoms with Crippen molar-refractivity contribution in [3.05, 3.63) is 53.7 Å². The number of fused-ring (bicyclic) bond motifs is 1. The molecule has 3 heterocycles. The van der Waals surface area contributed by atoms with Crippen LogP contribution in [0.2, 0.25) is 0 Å². The summed E-state index contributed by atoms with van der Waals surface area (Å²) in [7, 11) is -2.17. The first-order chi connectivity index (χ1) is 25.0. The molecule has 0 radical (unpaired) electrons. The van der Waals surface area contributed by atoms with Gasteiger partial charge in [-0.3, -0.25) is 0 Å². The van der Waals surface area contributed by atoms with Gasteiger partial charge in [0.1, 0.15) is 41.7 Å². The molecule has 3 N–H and O–H groups in total. The van der Waals surface area contributed by atoms with E-state index in [0.717, 1.165) is 43.3 Å². The van der Waals surface area contributed by atoms with Crippen LogP contribution in [0.1, 0.15) is 153 Å². The molecule has 1 saturated heterocycles. The lowest BCUT2D eigenvalue weighted by atomic mass is 10.0. The van der Waals surface area contributed by atoms with Crippen molar-refractivity contribution in [3.63, 3.8) is 0 Å². The second kappa shape index (κ2) is 23.6. The number of ether oxygens (including phenoxy) is 2. The molecule has 0 bridgehead atoms. The van der Waals surface area contributed by atoms with Gasteiger partial charge in [0.2, 0.25) is 0 Å². The van der Waals surface area contributed by atoms with E-state index < -0.39 is 20.5 Å². The summed E-state index contributed by atoms with van der Waals surface area (Å²) in [6, 6.07) is 9.88. The third-order valence-corrected chi connectivity index (χ3v) is 10.4. The number of nitrogens with two attached hydrogens (primary N) is 1. The molecule has 10 nitrogen and oxygen atoms in total. The quantitative estimate of drug-likeness (QED) is 0.0580. The molecule has 282 valence electrons. The summed E-state index contributed by atoms with van der Waals surface area (Å²) in [6.07, 6.45) is 25.0. The standard InChI is InChI=1S/C39H59FN5O5P/c1-2-3-4-5-6-7-8-9-10-11-12-13-14-15-16-17-18-19-33(49-32-21-20-31(27-41)35(40)26-32)28-47-51(46)48-29-34-22-25-38(50-34)36-23-24-37-39(42)43-30-44-45(36)37/h20-21,23-24,26,30,33-34,38,46H,2-19,22,25,28-29H2,1H3,(H2,42,43,44). The van der Waals surface area contributed by atoms with Gasteiger partial charge in [-0.15, -0.1) is 0 Å². The van der Waals surface area contributed by atoms with Crippen LogP contribution < -0.4 is 10.5 Å². The lowest BCUT2D eigenvalue weighted by Crippen LogP contribution is -2.23. The van der Waals surface area contributed by atoms with Gasteiger partial charge in [-0.05, 0) is 49.9 Å². The molecule has 0 amide bonds. The highest BCUT2D eigenvalue weighted by Crippen LogP contribution is 2.38. The van der Waals surface area contributed by atoms with Crippen molar-refractivity contribution in [2.24, 2.45) is 0 Å². The van der Waals surface area contributed by atoms with Gasteiger partial charge in [0.15, 0.2) is 5.82 Å². The van der Waals surface area contributed by atoms with E-state index in [2.05, 4.69) is 17.0 Å². The van der Waals surface area contributed by atoms with E-state index in [1.807, 2.05) is 18.2 Å². The summed E-state index contributed by atoms with van der Waals surface area (Å²) in [5.74, 6) is 0.110. The van der Waals surface area contributed by atoms with Gasteiger partial charge >= 0.3 is 8.60 Å². The van der Waals surface area contributed by atoms with Crippen LogP contribution in [0.5, 0.6) is 5.75 Å². The molecule has 1 aromatic carbocycles. The number of aromatic nitrogens is 3. The zero-order valence-electron chi connectivity index (χ0n) is 30.5. The summed E-state index contributed by atoms with van der Waals surface area (Å²) in [6.45, 7) is 2.55. The highest BCUT2D eigenvalue weighted by atomic mass is 31.2. The fourth-order valence-corrected chi connectivity index (χ4v) is 7.38. The van der Waals surface area contributed by atoms with Crippen LogP contribution in [0.4, 0.5) is 10.2 Å². The van der Waals surface area contributed by atoms with E-state index in [9.17, 15) is 9.28 Å². The smallest absolute Gasteiger partial charge is 0.330 e. The van der Waals surface area contributed by atoms with Crippen molar-refractivity contribution >= 4 is 19.9 Å². The number of rotatable bonds is 27. The van der Waals surface area contributed by atoms with Crippen molar-refractivity contribution in [1.29, 1.82) is 5.26 Å². The monoisotopic (exact) mass is 727 g/mol. The van der Waals surface area contributed by atoms with Gasteiger partial charge in [-0.1, -0.05) is 110 Å².